The Bertz CT molecular complexity index is 547. The summed E-state index contributed by atoms with van der Waals surface area (Å²) in [4.78, 5) is 13.5. The van der Waals surface area contributed by atoms with Crippen LogP contribution in [0.1, 0.15) is 21.6 Å². The van der Waals surface area contributed by atoms with E-state index in [0.29, 0.717) is 6.54 Å². The van der Waals surface area contributed by atoms with Gasteiger partial charge in [0.2, 0.25) is 11.5 Å². The Kier molecular flexibility index (Phi) is 3.27. The molecule has 18 heavy (non-hydrogen) atoms. The van der Waals surface area contributed by atoms with E-state index in [4.69, 9.17) is 5.73 Å². The van der Waals surface area contributed by atoms with Crippen LogP contribution in [0.5, 0.6) is 0 Å². The normalized spacial score (nSPS) is 10.3. The number of carbonyl (C=O) groups is 1. The molecule has 1 heterocycles. The van der Waals surface area contributed by atoms with Gasteiger partial charge in [-0.1, -0.05) is 29.8 Å². The lowest BCUT2D eigenvalue weighted by Crippen LogP contribution is -2.27. The van der Waals surface area contributed by atoms with Crippen LogP contribution < -0.4 is 5.73 Å². The topological polar surface area (TPSA) is 85.2 Å². The Morgan fingerprint density at radius 3 is 2.56 bits per heavy atom. The molecule has 2 aromatic rings. The number of carbonyl (C=O) groups excluding carboxylic acids is 1. The summed E-state index contributed by atoms with van der Waals surface area (Å²) in [6, 6.07) is 7.95. The number of hydrogen-bond acceptors (Lipinski definition) is 5. The van der Waals surface area contributed by atoms with Crippen LogP contribution in [0.4, 0.5) is 5.82 Å². The van der Waals surface area contributed by atoms with E-state index in [0.717, 1.165) is 5.56 Å². The molecule has 1 aromatic heterocycles. The number of benzene rings is 1. The Morgan fingerprint density at radius 1 is 1.33 bits per heavy atom. The molecule has 1 amide bonds. The standard InChI is InChI=1S/C12H14N4O2/c1-8-3-5-9(6-4-8)7-16(2)12(17)10-11(13)15-18-14-10/h3-6H,7H2,1-2H3,(H2,13,15). The second-order valence-corrected chi connectivity index (χ2v) is 4.14. The van der Waals surface area contributed by atoms with Crippen molar-refractivity contribution >= 4 is 11.7 Å². The van der Waals surface area contributed by atoms with Gasteiger partial charge in [0, 0.05) is 13.6 Å². The molecule has 6 heteroatoms. The molecule has 1 aromatic carbocycles. The van der Waals surface area contributed by atoms with Crippen molar-refractivity contribution in [3.05, 3.63) is 41.1 Å². The second-order valence-electron chi connectivity index (χ2n) is 4.14. The average molecular weight is 246 g/mol. The minimum Gasteiger partial charge on any atom is -0.379 e. The van der Waals surface area contributed by atoms with Crippen molar-refractivity contribution in [1.29, 1.82) is 0 Å². The fourth-order valence-corrected chi connectivity index (χ4v) is 1.56. The largest absolute Gasteiger partial charge is 0.379 e. The van der Waals surface area contributed by atoms with Crippen molar-refractivity contribution in [3.8, 4) is 0 Å². The lowest BCUT2D eigenvalue weighted by molar-refractivity contribution is 0.0774. The quantitative estimate of drug-likeness (QED) is 0.880. The van der Waals surface area contributed by atoms with E-state index in [9.17, 15) is 4.79 Å². The number of hydrogen-bond donors (Lipinski definition) is 1. The molecule has 0 unspecified atom stereocenters. The van der Waals surface area contributed by atoms with Gasteiger partial charge in [0.1, 0.15) is 0 Å². The van der Waals surface area contributed by atoms with Gasteiger partial charge in [-0.2, -0.15) is 0 Å². The van der Waals surface area contributed by atoms with Gasteiger partial charge < -0.3 is 10.6 Å². The molecule has 0 radical (unpaired) electrons. The second kappa shape index (κ2) is 4.87. The van der Waals surface area contributed by atoms with Gasteiger partial charge in [0.15, 0.2) is 0 Å². The van der Waals surface area contributed by atoms with Crippen LogP contribution in [0.2, 0.25) is 0 Å². The lowest BCUT2D eigenvalue weighted by atomic mass is 10.1. The molecular formula is C12H14N4O2. The zero-order chi connectivity index (χ0) is 13.1. The van der Waals surface area contributed by atoms with Gasteiger partial charge in [-0.05, 0) is 22.8 Å². The van der Waals surface area contributed by atoms with E-state index in [1.165, 1.54) is 10.5 Å². The van der Waals surface area contributed by atoms with Crippen molar-refractivity contribution in [2.75, 3.05) is 12.8 Å². The van der Waals surface area contributed by atoms with Crippen molar-refractivity contribution in [3.63, 3.8) is 0 Å². The zero-order valence-corrected chi connectivity index (χ0v) is 10.3. The summed E-state index contributed by atoms with van der Waals surface area (Å²) in [6.07, 6.45) is 0. The first-order valence-corrected chi connectivity index (χ1v) is 5.47. The maximum absolute atomic E-state index is 12.0. The number of aryl methyl sites for hydroxylation is 1. The van der Waals surface area contributed by atoms with E-state index >= 15 is 0 Å². The number of nitrogens with two attached hydrogens (primary N) is 1. The maximum Gasteiger partial charge on any atom is 0.280 e. The molecule has 6 nitrogen and oxygen atoms in total. The summed E-state index contributed by atoms with van der Waals surface area (Å²) in [7, 11) is 1.68. The van der Waals surface area contributed by atoms with Crippen LogP contribution in [0, 0.1) is 6.92 Å². The zero-order valence-electron chi connectivity index (χ0n) is 10.3. The van der Waals surface area contributed by atoms with Crippen molar-refractivity contribution in [2.24, 2.45) is 0 Å². The predicted molar refractivity (Wildman–Crippen MR) is 65.7 cm³/mol. The number of nitrogens with zero attached hydrogens (tertiary/aromatic N) is 3. The van der Waals surface area contributed by atoms with Crippen LogP contribution in [0.15, 0.2) is 28.9 Å². The molecule has 0 fully saturated rings. The summed E-state index contributed by atoms with van der Waals surface area (Å²) in [5.74, 6) is -0.301. The van der Waals surface area contributed by atoms with Gasteiger partial charge in [-0.25, -0.2) is 4.63 Å². The van der Waals surface area contributed by atoms with E-state index in [1.807, 2.05) is 31.2 Å². The van der Waals surface area contributed by atoms with Gasteiger partial charge in [0.05, 0.1) is 0 Å². The van der Waals surface area contributed by atoms with Gasteiger partial charge in [0.25, 0.3) is 5.91 Å². The molecule has 0 spiro atoms. The first-order chi connectivity index (χ1) is 8.58. The molecule has 2 N–H and O–H groups in total. The van der Waals surface area contributed by atoms with Crippen molar-refractivity contribution < 1.29 is 9.42 Å². The fraction of sp³-hybridized carbons (Fsp3) is 0.250. The third-order valence-electron chi connectivity index (χ3n) is 2.60. The third-order valence-corrected chi connectivity index (χ3v) is 2.60. The predicted octanol–water partition coefficient (Wildman–Crippen LogP) is 1.23. The van der Waals surface area contributed by atoms with E-state index in [1.54, 1.807) is 7.05 Å². The van der Waals surface area contributed by atoms with Crippen LogP contribution in [-0.4, -0.2) is 28.2 Å². The molecule has 2 rings (SSSR count). The van der Waals surface area contributed by atoms with Crippen LogP contribution in [0.3, 0.4) is 0 Å². The summed E-state index contributed by atoms with van der Waals surface area (Å²) in [5.41, 5.74) is 7.74. The summed E-state index contributed by atoms with van der Waals surface area (Å²) in [6.45, 7) is 2.49. The average Bonchev–Trinajstić information content (AvgIpc) is 2.77. The summed E-state index contributed by atoms with van der Waals surface area (Å²) >= 11 is 0. The minimum atomic E-state index is -0.311. The molecule has 0 atom stereocenters. The van der Waals surface area contributed by atoms with E-state index < -0.39 is 0 Å². The number of anilines is 1. The van der Waals surface area contributed by atoms with Crippen molar-refractivity contribution in [1.82, 2.24) is 15.2 Å². The highest BCUT2D eigenvalue weighted by atomic mass is 16.6. The SMILES string of the molecule is Cc1ccc(CN(C)C(=O)c2nonc2N)cc1. The Hall–Kier alpha value is -2.37. The molecule has 0 saturated carbocycles. The van der Waals surface area contributed by atoms with Gasteiger partial charge in [-0.3, -0.25) is 4.79 Å². The summed E-state index contributed by atoms with van der Waals surface area (Å²) in [5, 5.41) is 6.87. The smallest absolute Gasteiger partial charge is 0.280 e. The molecule has 94 valence electrons. The Balaban J connectivity index is 2.08. The number of amides is 1. The minimum absolute atomic E-state index is 0.00996. The first kappa shape index (κ1) is 12.1. The Morgan fingerprint density at radius 2 is 2.00 bits per heavy atom. The van der Waals surface area contributed by atoms with Gasteiger partial charge in [-0.15, -0.1) is 0 Å². The number of nitrogen functional groups attached to an aromatic ring is 1. The number of aromatic nitrogens is 2. The maximum atomic E-state index is 12.0. The molecular weight excluding hydrogens is 232 g/mol. The monoisotopic (exact) mass is 246 g/mol. The van der Waals surface area contributed by atoms with Gasteiger partial charge >= 0.3 is 0 Å². The van der Waals surface area contributed by atoms with Crippen LogP contribution in [-0.2, 0) is 6.54 Å². The molecule has 0 saturated heterocycles. The van der Waals surface area contributed by atoms with E-state index in [2.05, 4.69) is 14.9 Å². The fourth-order valence-electron chi connectivity index (χ4n) is 1.56. The van der Waals surface area contributed by atoms with Crippen LogP contribution in [0.25, 0.3) is 0 Å². The van der Waals surface area contributed by atoms with E-state index in [-0.39, 0.29) is 17.4 Å². The highest BCUT2D eigenvalue weighted by Crippen LogP contribution is 2.11. The number of rotatable bonds is 3. The highest BCUT2D eigenvalue weighted by Gasteiger charge is 2.19. The summed E-state index contributed by atoms with van der Waals surface area (Å²) < 4.78 is 4.41. The highest BCUT2D eigenvalue weighted by molar-refractivity contribution is 5.95. The third kappa shape index (κ3) is 2.48. The lowest BCUT2D eigenvalue weighted by Gasteiger charge is -2.15. The molecule has 0 aliphatic carbocycles. The Labute approximate surface area is 104 Å². The molecule has 0 aliphatic heterocycles. The molecule has 0 bridgehead atoms. The first-order valence-electron chi connectivity index (χ1n) is 5.47. The van der Waals surface area contributed by atoms with Crippen LogP contribution >= 0.6 is 0 Å². The van der Waals surface area contributed by atoms with Crippen molar-refractivity contribution in [2.45, 2.75) is 13.5 Å². The molecule has 0 aliphatic rings.